The quantitative estimate of drug-likeness (QED) is 0.468. The Morgan fingerprint density at radius 3 is 2.96 bits per heavy atom. The lowest BCUT2D eigenvalue weighted by Crippen LogP contribution is -2.39. The average Bonchev–Trinajstić information content (AvgIpc) is 3.26. The molecule has 1 unspecified atom stereocenters. The van der Waals surface area contributed by atoms with E-state index < -0.39 is 0 Å². The zero-order valence-corrected chi connectivity index (χ0v) is 16.8. The standard InChI is InChI=1S/C18H22BrN5S/c1-3-20-18(21-8-13(2)14-6-7-25-12-14)22-9-16-11-24-10-15(19)4-5-17(24)23-16/h4-7,10-13H,3,8-9H2,1-2H3,(H2,20,21,22). The van der Waals surface area contributed by atoms with Crippen molar-refractivity contribution in [2.45, 2.75) is 26.3 Å². The highest BCUT2D eigenvalue weighted by Crippen LogP contribution is 2.17. The van der Waals surface area contributed by atoms with Crippen LogP contribution in [0.5, 0.6) is 0 Å². The highest BCUT2D eigenvalue weighted by atomic mass is 79.9. The molecule has 0 radical (unpaired) electrons. The maximum absolute atomic E-state index is 4.66. The third-order valence-electron chi connectivity index (χ3n) is 3.90. The number of fused-ring (bicyclic) bond motifs is 1. The molecule has 25 heavy (non-hydrogen) atoms. The fraction of sp³-hybridized carbons (Fsp3) is 0.333. The van der Waals surface area contributed by atoms with Gasteiger partial charge in [0.2, 0.25) is 0 Å². The van der Waals surface area contributed by atoms with E-state index in [-0.39, 0.29) is 0 Å². The molecular weight excluding hydrogens is 398 g/mol. The zero-order valence-electron chi connectivity index (χ0n) is 14.4. The van der Waals surface area contributed by atoms with Crippen LogP contribution in [0.4, 0.5) is 0 Å². The molecule has 1 atom stereocenters. The molecular formula is C18H22BrN5S. The van der Waals surface area contributed by atoms with Crippen molar-refractivity contribution in [3.63, 3.8) is 0 Å². The number of guanidine groups is 1. The maximum atomic E-state index is 4.66. The molecule has 2 N–H and O–H groups in total. The number of aromatic nitrogens is 2. The minimum Gasteiger partial charge on any atom is -0.357 e. The largest absolute Gasteiger partial charge is 0.357 e. The van der Waals surface area contributed by atoms with Gasteiger partial charge < -0.3 is 15.0 Å². The summed E-state index contributed by atoms with van der Waals surface area (Å²) in [6.45, 7) is 6.51. The lowest BCUT2D eigenvalue weighted by molar-refractivity contribution is 0.701. The molecule has 3 rings (SSSR count). The molecule has 0 fully saturated rings. The Morgan fingerprint density at radius 2 is 2.20 bits per heavy atom. The lowest BCUT2D eigenvalue weighted by Gasteiger charge is -2.15. The van der Waals surface area contributed by atoms with Crippen LogP contribution >= 0.6 is 27.3 Å². The lowest BCUT2D eigenvalue weighted by atomic mass is 10.1. The SMILES string of the molecule is CCNC(=NCc1cn2cc(Br)ccc2n1)NCC(C)c1ccsc1. The topological polar surface area (TPSA) is 53.7 Å². The zero-order chi connectivity index (χ0) is 17.6. The molecule has 0 aliphatic carbocycles. The van der Waals surface area contributed by atoms with Gasteiger partial charge in [-0.3, -0.25) is 0 Å². The molecule has 3 aromatic heterocycles. The summed E-state index contributed by atoms with van der Waals surface area (Å²) in [7, 11) is 0. The van der Waals surface area contributed by atoms with Gasteiger partial charge in [-0.05, 0) is 63.3 Å². The van der Waals surface area contributed by atoms with Gasteiger partial charge in [0.05, 0.1) is 12.2 Å². The van der Waals surface area contributed by atoms with Gasteiger partial charge in [-0.15, -0.1) is 0 Å². The Balaban J connectivity index is 1.64. The van der Waals surface area contributed by atoms with Gasteiger partial charge in [-0.25, -0.2) is 9.98 Å². The predicted octanol–water partition coefficient (Wildman–Crippen LogP) is 4.02. The van der Waals surface area contributed by atoms with Gasteiger partial charge in [0.1, 0.15) is 5.65 Å². The van der Waals surface area contributed by atoms with E-state index in [0.717, 1.165) is 34.9 Å². The molecule has 7 heteroatoms. The van der Waals surface area contributed by atoms with Crippen LogP contribution in [-0.2, 0) is 6.54 Å². The van der Waals surface area contributed by atoms with E-state index in [1.807, 2.05) is 28.9 Å². The summed E-state index contributed by atoms with van der Waals surface area (Å²) in [5.41, 5.74) is 3.23. The summed E-state index contributed by atoms with van der Waals surface area (Å²) in [6, 6.07) is 6.16. The second kappa shape index (κ2) is 8.49. The van der Waals surface area contributed by atoms with Crippen molar-refractivity contribution in [3.8, 4) is 0 Å². The minimum absolute atomic E-state index is 0.447. The normalized spacial score (nSPS) is 13.2. The number of rotatable bonds is 6. The van der Waals surface area contributed by atoms with Gasteiger partial charge in [-0.1, -0.05) is 6.92 Å². The summed E-state index contributed by atoms with van der Waals surface area (Å²) in [5.74, 6) is 1.27. The maximum Gasteiger partial charge on any atom is 0.191 e. The first-order valence-electron chi connectivity index (χ1n) is 8.33. The molecule has 0 bridgehead atoms. The predicted molar refractivity (Wildman–Crippen MR) is 108 cm³/mol. The van der Waals surface area contributed by atoms with Crippen molar-refractivity contribution in [1.29, 1.82) is 0 Å². The molecule has 3 heterocycles. The first kappa shape index (κ1) is 17.9. The molecule has 0 aromatic carbocycles. The van der Waals surface area contributed by atoms with Crippen LogP contribution in [0.2, 0.25) is 0 Å². The van der Waals surface area contributed by atoms with E-state index >= 15 is 0 Å². The van der Waals surface area contributed by atoms with Crippen molar-refractivity contribution in [2.24, 2.45) is 4.99 Å². The third kappa shape index (κ3) is 4.83. The van der Waals surface area contributed by atoms with Crippen molar-refractivity contribution in [3.05, 3.63) is 57.1 Å². The number of nitrogens with zero attached hydrogens (tertiary/aromatic N) is 3. The van der Waals surface area contributed by atoms with Crippen LogP contribution in [0.1, 0.15) is 31.0 Å². The van der Waals surface area contributed by atoms with Gasteiger partial charge in [0.25, 0.3) is 0 Å². The Bertz CT molecular complexity index is 840. The number of aliphatic imine (C=N–C) groups is 1. The summed E-state index contributed by atoms with van der Waals surface area (Å²) in [5, 5.41) is 11.0. The number of hydrogen-bond acceptors (Lipinski definition) is 3. The number of hydrogen-bond donors (Lipinski definition) is 2. The fourth-order valence-electron chi connectivity index (χ4n) is 2.52. The van der Waals surface area contributed by atoms with E-state index in [1.54, 1.807) is 11.3 Å². The van der Waals surface area contributed by atoms with Crippen LogP contribution in [0.15, 0.2) is 50.8 Å². The summed E-state index contributed by atoms with van der Waals surface area (Å²) < 4.78 is 3.04. The highest BCUT2D eigenvalue weighted by molar-refractivity contribution is 9.10. The van der Waals surface area contributed by atoms with Crippen molar-refractivity contribution >= 4 is 38.9 Å². The molecule has 0 saturated carbocycles. The van der Waals surface area contributed by atoms with Crippen molar-refractivity contribution in [1.82, 2.24) is 20.0 Å². The number of thiophene rings is 1. The van der Waals surface area contributed by atoms with Gasteiger partial charge in [0.15, 0.2) is 5.96 Å². The highest BCUT2D eigenvalue weighted by Gasteiger charge is 2.07. The molecule has 0 amide bonds. The van der Waals surface area contributed by atoms with Crippen LogP contribution in [0.3, 0.4) is 0 Å². The number of pyridine rings is 1. The number of nitrogens with one attached hydrogen (secondary N) is 2. The molecule has 0 aliphatic rings. The number of halogens is 1. The molecule has 5 nitrogen and oxygen atoms in total. The Hall–Kier alpha value is -1.86. The Morgan fingerprint density at radius 1 is 1.32 bits per heavy atom. The van der Waals surface area contributed by atoms with E-state index in [1.165, 1.54) is 5.56 Å². The molecule has 0 saturated heterocycles. The van der Waals surface area contributed by atoms with E-state index in [9.17, 15) is 0 Å². The molecule has 3 aromatic rings. The fourth-order valence-corrected chi connectivity index (χ4v) is 3.65. The van der Waals surface area contributed by atoms with Gasteiger partial charge in [0, 0.05) is 30.0 Å². The molecule has 0 spiro atoms. The second-order valence-electron chi connectivity index (χ2n) is 5.88. The second-order valence-corrected chi connectivity index (χ2v) is 7.57. The van der Waals surface area contributed by atoms with Crippen LogP contribution in [0.25, 0.3) is 5.65 Å². The van der Waals surface area contributed by atoms with E-state index in [0.29, 0.717) is 12.5 Å². The first-order chi connectivity index (χ1) is 12.2. The summed E-state index contributed by atoms with van der Waals surface area (Å²) >= 11 is 5.21. The summed E-state index contributed by atoms with van der Waals surface area (Å²) in [6.07, 6.45) is 4.02. The monoisotopic (exact) mass is 419 g/mol. The molecule has 132 valence electrons. The number of imidazole rings is 1. The van der Waals surface area contributed by atoms with Crippen LogP contribution in [0, 0.1) is 0 Å². The Labute approximate surface area is 160 Å². The van der Waals surface area contributed by atoms with Crippen molar-refractivity contribution < 1.29 is 0 Å². The smallest absolute Gasteiger partial charge is 0.191 e. The van der Waals surface area contributed by atoms with Crippen LogP contribution < -0.4 is 10.6 Å². The van der Waals surface area contributed by atoms with E-state index in [4.69, 9.17) is 0 Å². The average molecular weight is 420 g/mol. The van der Waals surface area contributed by atoms with Crippen molar-refractivity contribution in [2.75, 3.05) is 13.1 Å². The van der Waals surface area contributed by atoms with Gasteiger partial charge >= 0.3 is 0 Å². The minimum atomic E-state index is 0.447. The van der Waals surface area contributed by atoms with Crippen LogP contribution in [-0.4, -0.2) is 28.4 Å². The summed E-state index contributed by atoms with van der Waals surface area (Å²) in [4.78, 5) is 9.27. The third-order valence-corrected chi connectivity index (χ3v) is 5.07. The van der Waals surface area contributed by atoms with E-state index in [2.05, 4.69) is 67.2 Å². The molecule has 0 aliphatic heterocycles. The van der Waals surface area contributed by atoms with Gasteiger partial charge in [-0.2, -0.15) is 11.3 Å². The first-order valence-corrected chi connectivity index (χ1v) is 10.1. The Kier molecular flexibility index (Phi) is 6.09.